The fraction of sp³-hybridized carbons (Fsp3) is 0.267. The number of nitrogen functional groups attached to an aromatic ring is 2. The van der Waals surface area contributed by atoms with Crippen LogP contribution in [0.15, 0.2) is 79.0 Å². The highest BCUT2D eigenvalue weighted by Crippen LogP contribution is 2.31. The van der Waals surface area contributed by atoms with Crippen LogP contribution in [0.5, 0.6) is 0 Å². The first-order chi connectivity index (χ1) is 19.5. The summed E-state index contributed by atoms with van der Waals surface area (Å²) in [7, 11) is 0. The molecule has 0 aliphatic heterocycles. The van der Waals surface area contributed by atoms with Gasteiger partial charge in [-0.25, -0.2) is 0 Å². The number of nitrogens with zero attached hydrogens (tertiary/aromatic N) is 4. The van der Waals surface area contributed by atoms with Crippen molar-refractivity contribution >= 4 is 34.8 Å². The first-order valence-corrected chi connectivity index (χ1v) is 13.4. The molecule has 0 bridgehead atoms. The molecule has 4 aromatic rings. The van der Waals surface area contributed by atoms with E-state index in [9.17, 15) is 9.59 Å². The van der Waals surface area contributed by atoms with E-state index in [2.05, 4.69) is 31.0 Å². The maximum atomic E-state index is 12.1. The van der Waals surface area contributed by atoms with Gasteiger partial charge >= 0.3 is 0 Å². The zero-order chi connectivity index (χ0) is 28.2. The van der Waals surface area contributed by atoms with Crippen LogP contribution >= 0.6 is 0 Å². The van der Waals surface area contributed by atoms with Crippen molar-refractivity contribution in [1.29, 1.82) is 0 Å². The SMILES string of the molecule is Nc1ccccc1CC(=O)Nc1ccc(C2CCCCC2)nn1.Nc1ccccc1CC(=O)Nc1cccnn1. The second-order valence-electron chi connectivity index (χ2n) is 9.63. The molecule has 2 amide bonds. The van der Waals surface area contributed by atoms with Crippen LogP contribution < -0.4 is 22.1 Å². The molecule has 1 aliphatic rings. The van der Waals surface area contributed by atoms with Crippen LogP contribution in [0.25, 0.3) is 0 Å². The van der Waals surface area contributed by atoms with Gasteiger partial charge in [-0.2, -0.15) is 10.2 Å². The number of amides is 2. The van der Waals surface area contributed by atoms with Crippen molar-refractivity contribution in [3.05, 3.63) is 95.8 Å². The minimum atomic E-state index is -0.164. The lowest BCUT2D eigenvalue weighted by Gasteiger charge is -2.20. The molecule has 206 valence electrons. The minimum absolute atomic E-state index is 0.136. The maximum absolute atomic E-state index is 12.1. The van der Waals surface area contributed by atoms with Crippen LogP contribution in [-0.4, -0.2) is 32.2 Å². The van der Waals surface area contributed by atoms with Crippen LogP contribution in [-0.2, 0) is 22.4 Å². The van der Waals surface area contributed by atoms with Crippen molar-refractivity contribution in [2.24, 2.45) is 0 Å². The summed E-state index contributed by atoms with van der Waals surface area (Å²) in [5, 5.41) is 21.3. The number of rotatable bonds is 7. The molecule has 5 rings (SSSR count). The van der Waals surface area contributed by atoms with E-state index in [0.717, 1.165) is 16.8 Å². The Morgan fingerprint density at radius 3 is 1.75 bits per heavy atom. The number of carbonyl (C=O) groups excluding carboxylic acids is 2. The summed E-state index contributed by atoms with van der Waals surface area (Å²) >= 11 is 0. The summed E-state index contributed by atoms with van der Waals surface area (Å²) < 4.78 is 0. The predicted octanol–water partition coefficient (Wildman–Crippen LogP) is 4.53. The van der Waals surface area contributed by atoms with Crippen molar-refractivity contribution < 1.29 is 9.59 Å². The summed E-state index contributed by atoms with van der Waals surface area (Å²) in [6.07, 6.45) is 8.24. The normalized spacial score (nSPS) is 13.0. The lowest BCUT2D eigenvalue weighted by atomic mass is 9.87. The average Bonchev–Trinajstić information content (AvgIpc) is 2.97. The number of hydrogen-bond acceptors (Lipinski definition) is 8. The lowest BCUT2D eigenvalue weighted by molar-refractivity contribution is -0.116. The second-order valence-corrected chi connectivity index (χ2v) is 9.63. The van der Waals surface area contributed by atoms with Crippen molar-refractivity contribution in [2.75, 3.05) is 22.1 Å². The molecule has 1 fully saturated rings. The summed E-state index contributed by atoms with van der Waals surface area (Å²) in [5.74, 6) is 1.15. The number of nitrogens with one attached hydrogen (secondary N) is 2. The molecule has 10 nitrogen and oxygen atoms in total. The van der Waals surface area contributed by atoms with Gasteiger partial charge in [-0.05, 0) is 60.4 Å². The molecule has 2 aromatic heterocycles. The zero-order valence-corrected chi connectivity index (χ0v) is 22.3. The smallest absolute Gasteiger partial charge is 0.230 e. The number of hydrogen-bond donors (Lipinski definition) is 4. The van der Waals surface area contributed by atoms with Gasteiger partial charge in [-0.3, -0.25) is 9.59 Å². The Bertz CT molecular complexity index is 1390. The van der Waals surface area contributed by atoms with Gasteiger partial charge in [-0.1, -0.05) is 55.7 Å². The van der Waals surface area contributed by atoms with Gasteiger partial charge in [0.15, 0.2) is 11.6 Å². The Hall–Kier alpha value is -4.86. The molecule has 6 N–H and O–H groups in total. The van der Waals surface area contributed by atoms with Gasteiger partial charge in [0.1, 0.15) is 0 Å². The fourth-order valence-electron chi connectivity index (χ4n) is 4.50. The largest absolute Gasteiger partial charge is 0.398 e. The molecule has 0 spiro atoms. The summed E-state index contributed by atoms with van der Waals surface area (Å²) in [4.78, 5) is 23.8. The summed E-state index contributed by atoms with van der Waals surface area (Å²) in [6, 6.07) is 21.9. The molecular formula is C30H34N8O2. The number of aromatic nitrogens is 4. The van der Waals surface area contributed by atoms with E-state index >= 15 is 0 Å². The highest BCUT2D eigenvalue weighted by Gasteiger charge is 2.17. The molecule has 2 heterocycles. The Morgan fingerprint density at radius 1 is 0.675 bits per heavy atom. The molecule has 1 aliphatic carbocycles. The molecule has 0 saturated heterocycles. The maximum Gasteiger partial charge on any atom is 0.230 e. The summed E-state index contributed by atoms with van der Waals surface area (Å²) in [5.41, 5.74) is 15.5. The van der Waals surface area contributed by atoms with Crippen LogP contribution in [0.4, 0.5) is 23.0 Å². The Labute approximate surface area is 233 Å². The van der Waals surface area contributed by atoms with E-state index in [0.29, 0.717) is 28.9 Å². The molecule has 1 saturated carbocycles. The lowest BCUT2D eigenvalue weighted by Crippen LogP contribution is -2.17. The molecule has 0 atom stereocenters. The van der Waals surface area contributed by atoms with E-state index in [1.54, 1.807) is 30.5 Å². The highest BCUT2D eigenvalue weighted by molar-refractivity contribution is 5.92. The molecule has 10 heteroatoms. The number of benzene rings is 2. The minimum Gasteiger partial charge on any atom is -0.398 e. The van der Waals surface area contributed by atoms with Crippen molar-refractivity contribution in [1.82, 2.24) is 20.4 Å². The number of para-hydroxylation sites is 2. The first-order valence-electron chi connectivity index (χ1n) is 13.4. The van der Waals surface area contributed by atoms with Crippen molar-refractivity contribution in [3.8, 4) is 0 Å². The number of carbonyl (C=O) groups is 2. The zero-order valence-electron chi connectivity index (χ0n) is 22.3. The molecule has 40 heavy (non-hydrogen) atoms. The Morgan fingerprint density at radius 2 is 1.25 bits per heavy atom. The highest BCUT2D eigenvalue weighted by atomic mass is 16.2. The van der Waals surface area contributed by atoms with Crippen LogP contribution in [0, 0.1) is 0 Å². The third-order valence-corrected chi connectivity index (χ3v) is 6.63. The third-order valence-electron chi connectivity index (χ3n) is 6.63. The Balaban J connectivity index is 0.000000194. The van der Waals surface area contributed by atoms with E-state index in [-0.39, 0.29) is 24.7 Å². The average molecular weight is 539 g/mol. The molecular weight excluding hydrogens is 504 g/mol. The van der Waals surface area contributed by atoms with Gasteiger partial charge in [0.05, 0.1) is 18.5 Å². The van der Waals surface area contributed by atoms with Gasteiger partial charge in [0, 0.05) is 23.5 Å². The topological polar surface area (TPSA) is 162 Å². The number of anilines is 4. The van der Waals surface area contributed by atoms with Crippen LogP contribution in [0.1, 0.15) is 54.8 Å². The van der Waals surface area contributed by atoms with Crippen LogP contribution in [0.2, 0.25) is 0 Å². The van der Waals surface area contributed by atoms with Gasteiger partial charge in [0.25, 0.3) is 0 Å². The predicted molar refractivity (Wildman–Crippen MR) is 156 cm³/mol. The first kappa shape index (κ1) is 28.2. The molecule has 0 radical (unpaired) electrons. The summed E-state index contributed by atoms with van der Waals surface area (Å²) in [6.45, 7) is 0. The van der Waals surface area contributed by atoms with E-state index in [1.165, 1.54) is 32.1 Å². The van der Waals surface area contributed by atoms with Crippen molar-refractivity contribution in [3.63, 3.8) is 0 Å². The second kappa shape index (κ2) is 14.3. The Kier molecular flexibility index (Phi) is 10.1. The van der Waals surface area contributed by atoms with Gasteiger partial charge < -0.3 is 22.1 Å². The molecule has 0 unspecified atom stereocenters. The van der Waals surface area contributed by atoms with Crippen LogP contribution in [0.3, 0.4) is 0 Å². The quantitative estimate of drug-likeness (QED) is 0.250. The standard InChI is InChI=1S/C18H22N4O.C12H12N4O/c19-15-9-5-4-8-14(15)12-18(23)20-17-11-10-16(21-22-17)13-6-2-1-3-7-13;13-10-5-2-1-4-9(10)8-12(17)15-11-6-3-7-14-16-11/h4-5,8-11,13H,1-3,6-7,12,19H2,(H,20,22,23);1-7H,8,13H2,(H,15,16,17). The van der Waals surface area contributed by atoms with Gasteiger partial charge in [0.2, 0.25) is 11.8 Å². The fourth-order valence-corrected chi connectivity index (χ4v) is 4.50. The third kappa shape index (κ3) is 8.59. The van der Waals surface area contributed by atoms with E-state index in [1.807, 2.05) is 48.5 Å². The van der Waals surface area contributed by atoms with E-state index in [4.69, 9.17) is 11.5 Å². The number of nitrogens with two attached hydrogens (primary N) is 2. The van der Waals surface area contributed by atoms with E-state index < -0.39 is 0 Å². The monoisotopic (exact) mass is 538 g/mol. The van der Waals surface area contributed by atoms with Gasteiger partial charge in [-0.15, -0.1) is 10.2 Å². The van der Waals surface area contributed by atoms with Crippen molar-refractivity contribution in [2.45, 2.75) is 50.9 Å². The molecule has 2 aromatic carbocycles.